The molecule has 0 spiro atoms. The SMILES string of the molecule is Cc1ccc(-n2nnnc2C(=O)O)cc1. The number of carboxylic acid groups (broad SMARTS) is 1. The lowest BCUT2D eigenvalue weighted by Crippen LogP contribution is -2.09. The van der Waals surface area contributed by atoms with Crippen LogP contribution in [-0.2, 0) is 0 Å². The van der Waals surface area contributed by atoms with Crippen molar-refractivity contribution in [3.05, 3.63) is 35.7 Å². The van der Waals surface area contributed by atoms with E-state index in [1.54, 1.807) is 12.1 Å². The molecule has 0 aliphatic carbocycles. The maximum Gasteiger partial charge on any atom is 0.376 e. The number of carbonyl (C=O) groups is 1. The van der Waals surface area contributed by atoms with Crippen LogP contribution in [-0.4, -0.2) is 31.3 Å². The Hall–Kier alpha value is -2.24. The summed E-state index contributed by atoms with van der Waals surface area (Å²) in [5.41, 5.74) is 1.71. The molecule has 0 aliphatic heterocycles. The number of tetrazole rings is 1. The van der Waals surface area contributed by atoms with Gasteiger partial charge in [0.2, 0.25) is 0 Å². The monoisotopic (exact) mass is 204 g/mol. The Morgan fingerprint density at radius 2 is 2.00 bits per heavy atom. The Labute approximate surface area is 85.2 Å². The second-order valence-corrected chi connectivity index (χ2v) is 3.05. The van der Waals surface area contributed by atoms with E-state index in [0.29, 0.717) is 5.69 Å². The van der Waals surface area contributed by atoms with E-state index >= 15 is 0 Å². The zero-order chi connectivity index (χ0) is 10.8. The summed E-state index contributed by atoms with van der Waals surface area (Å²) in [5, 5.41) is 19.2. The molecule has 0 amide bonds. The average Bonchev–Trinajstić information content (AvgIpc) is 2.67. The third-order valence-corrected chi connectivity index (χ3v) is 1.94. The number of aryl methyl sites for hydroxylation is 1. The smallest absolute Gasteiger partial charge is 0.376 e. The van der Waals surface area contributed by atoms with Crippen molar-refractivity contribution < 1.29 is 9.90 Å². The minimum atomic E-state index is -1.15. The first kappa shape index (κ1) is 9.32. The molecule has 1 aromatic heterocycles. The molecule has 2 aromatic rings. The highest BCUT2D eigenvalue weighted by atomic mass is 16.4. The van der Waals surface area contributed by atoms with Crippen LogP contribution in [0.2, 0.25) is 0 Å². The Morgan fingerprint density at radius 3 is 2.60 bits per heavy atom. The Bertz CT molecular complexity index is 489. The van der Waals surface area contributed by atoms with Crippen molar-refractivity contribution in [2.75, 3.05) is 0 Å². The van der Waals surface area contributed by atoms with Crippen LogP contribution in [0.25, 0.3) is 5.69 Å². The second kappa shape index (κ2) is 3.49. The molecule has 0 saturated carbocycles. The molecule has 76 valence electrons. The highest BCUT2D eigenvalue weighted by Crippen LogP contribution is 2.08. The predicted molar refractivity (Wildman–Crippen MR) is 50.9 cm³/mol. The van der Waals surface area contributed by atoms with E-state index in [1.165, 1.54) is 4.68 Å². The Balaban J connectivity index is 2.49. The van der Waals surface area contributed by atoms with Crippen molar-refractivity contribution in [3.8, 4) is 5.69 Å². The number of carboxylic acids is 1. The van der Waals surface area contributed by atoms with Crippen LogP contribution in [0.3, 0.4) is 0 Å². The van der Waals surface area contributed by atoms with Crippen molar-refractivity contribution in [2.24, 2.45) is 0 Å². The first-order valence-corrected chi connectivity index (χ1v) is 4.27. The van der Waals surface area contributed by atoms with Gasteiger partial charge in [0.25, 0.3) is 5.82 Å². The van der Waals surface area contributed by atoms with Crippen LogP contribution in [0.15, 0.2) is 24.3 Å². The molecule has 0 aliphatic rings. The van der Waals surface area contributed by atoms with Gasteiger partial charge in [0, 0.05) is 0 Å². The highest BCUT2D eigenvalue weighted by molar-refractivity contribution is 5.83. The maximum atomic E-state index is 10.8. The van der Waals surface area contributed by atoms with Gasteiger partial charge in [0.1, 0.15) is 0 Å². The zero-order valence-electron chi connectivity index (χ0n) is 7.95. The molecular weight excluding hydrogens is 196 g/mol. The van der Waals surface area contributed by atoms with Gasteiger partial charge in [-0.2, -0.15) is 4.68 Å². The summed E-state index contributed by atoms with van der Waals surface area (Å²) in [6.07, 6.45) is 0. The molecule has 0 fully saturated rings. The Kier molecular flexibility index (Phi) is 2.17. The van der Waals surface area contributed by atoms with Gasteiger partial charge < -0.3 is 5.11 Å². The number of aromatic nitrogens is 4. The first-order chi connectivity index (χ1) is 7.18. The summed E-state index contributed by atoms with van der Waals surface area (Å²) < 4.78 is 1.18. The third kappa shape index (κ3) is 1.69. The van der Waals surface area contributed by atoms with Crippen LogP contribution in [0.5, 0.6) is 0 Å². The third-order valence-electron chi connectivity index (χ3n) is 1.94. The molecule has 2 rings (SSSR count). The topological polar surface area (TPSA) is 80.9 Å². The van der Waals surface area contributed by atoms with Gasteiger partial charge in [0.15, 0.2) is 0 Å². The Morgan fingerprint density at radius 1 is 1.33 bits per heavy atom. The molecule has 0 radical (unpaired) electrons. The minimum Gasteiger partial charge on any atom is -0.475 e. The van der Waals surface area contributed by atoms with Crippen molar-refractivity contribution in [2.45, 2.75) is 6.92 Å². The lowest BCUT2D eigenvalue weighted by atomic mass is 10.2. The van der Waals surface area contributed by atoms with E-state index in [0.717, 1.165) is 5.56 Å². The van der Waals surface area contributed by atoms with Crippen molar-refractivity contribution >= 4 is 5.97 Å². The fraction of sp³-hybridized carbons (Fsp3) is 0.111. The summed E-state index contributed by atoms with van der Waals surface area (Å²) in [6.45, 7) is 1.95. The van der Waals surface area contributed by atoms with Crippen LogP contribution in [0, 0.1) is 6.92 Å². The van der Waals surface area contributed by atoms with Crippen molar-refractivity contribution in [1.29, 1.82) is 0 Å². The zero-order valence-corrected chi connectivity index (χ0v) is 7.95. The number of nitrogens with zero attached hydrogens (tertiary/aromatic N) is 4. The van der Waals surface area contributed by atoms with Crippen LogP contribution in [0.1, 0.15) is 16.2 Å². The molecule has 0 bridgehead atoms. The van der Waals surface area contributed by atoms with E-state index in [2.05, 4.69) is 15.5 Å². The summed E-state index contributed by atoms with van der Waals surface area (Å²) in [6, 6.07) is 7.25. The molecular formula is C9H8N4O2. The number of hydrogen-bond acceptors (Lipinski definition) is 4. The molecule has 0 unspecified atom stereocenters. The van der Waals surface area contributed by atoms with Gasteiger partial charge in [-0.15, -0.1) is 5.10 Å². The number of hydrogen-bond donors (Lipinski definition) is 1. The van der Waals surface area contributed by atoms with Crippen LogP contribution in [0.4, 0.5) is 0 Å². The molecule has 0 atom stereocenters. The van der Waals surface area contributed by atoms with Crippen molar-refractivity contribution in [1.82, 2.24) is 20.2 Å². The predicted octanol–water partition coefficient (Wildman–Crippen LogP) is 0.669. The second-order valence-electron chi connectivity index (χ2n) is 3.05. The number of benzene rings is 1. The van der Waals surface area contributed by atoms with E-state index in [9.17, 15) is 4.79 Å². The van der Waals surface area contributed by atoms with E-state index in [4.69, 9.17) is 5.11 Å². The average molecular weight is 204 g/mol. The molecule has 15 heavy (non-hydrogen) atoms. The van der Waals surface area contributed by atoms with Gasteiger partial charge in [-0.25, -0.2) is 4.79 Å². The van der Waals surface area contributed by atoms with Gasteiger partial charge in [-0.3, -0.25) is 0 Å². The van der Waals surface area contributed by atoms with E-state index < -0.39 is 5.97 Å². The lowest BCUT2D eigenvalue weighted by molar-refractivity contribution is 0.0680. The van der Waals surface area contributed by atoms with Crippen LogP contribution < -0.4 is 0 Å². The largest absolute Gasteiger partial charge is 0.475 e. The molecule has 0 saturated heterocycles. The van der Waals surface area contributed by atoms with Gasteiger partial charge in [-0.1, -0.05) is 17.7 Å². The van der Waals surface area contributed by atoms with E-state index in [1.807, 2.05) is 19.1 Å². The first-order valence-electron chi connectivity index (χ1n) is 4.27. The van der Waals surface area contributed by atoms with Gasteiger partial charge in [-0.05, 0) is 29.5 Å². The van der Waals surface area contributed by atoms with Gasteiger partial charge in [0.05, 0.1) is 5.69 Å². The molecule has 1 N–H and O–H groups in total. The van der Waals surface area contributed by atoms with Crippen LogP contribution >= 0.6 is 0 Å². The normalized spacial score (nSPS) is 10.2. The minimum absolute atomic E-state index is 0.196. The van der Waals surface area contributed by atoms with Gasteiger partial charge >= 0.3 is 5.97 Å². The number of aromatic carboxylic acids is 1. The molecule has 6 heteroatoms. The standard InChI is InChI=1S/C9H8N4O2/c1-6-2-4-7(5-3-6)13-8(9(14)15)10-11-12-13/h2-5H,1H3,(H,14,15). The fourth-order valence-electron chi connectivity index (χ4n) is 1.18. The van der Waals surface area contributed by atoms with E-state index in [-0.39, 0.29) is 5.82 Å². The molecule has 1 aromatic carbocycles. The highest BCUT2D eigenvalue weighted by Gasteiger charge is 2.14. The van der Waals surface area contributed by atoms with Crippen molar-refractivity contribution in [3.63, 3.8) is 0 Å². The molecule has 6 nitrogen and oxygen atoms in total. The quantitative estimate of drug-likeness (QED) is 0.777. The fourth-order valence-corrected chi connectivity index (χ4v) is 1.18. The summed E-state index contributed by atoms with van der Waals surface area (Å²) in [5.74, 6) is -1.35. The summed E-state index contributed by atoms with van der Waals surface area (Å²) in [4.78, 5) is 10.8. The maximum absolute atomic E-state index is 10.8. The molecule has 1 heterocycles. The number of rotatable bonds is 2. The lowest BCUT2D eigenvalue weighted by Gasteiger charge is -2.01. The summed E-state index contributed by atoms with van der Waals surface area (Å²) in [7, 11) is 0. The summed E-state index contributed by atoms with van der Waals surface area (Å²) >= 11 is 0.